The Kier molecular flexibility index (Phi) is 4.86. The average Bonchev–Trinajstić information content (AvgIpc) is 2.93. The highest BCUT2D eigenvalue weighted by atomic mass is 16.5. The van der Waals surface area contributed by atoms with Gasteiger partial charge in [0.25, 0.3) is 5.91 Å². The van der Waals surface area contributed by atoms with Crippen molar-refractivity contribution in [2.75, 3.05) is 6.61 Å². The third-order valence-electron chi connectivity index (χ3n) is 6.05. The lowest BCUT2D eigenvalue weighted by Gasteiger charge is -2.46. The van der Waals surface area contributed by atoms with Crippen molar-refractivity contribution >= 4 is 11.9 Å². The van der Waals surface area contributed by atoms with Crippen LogP contribution in [0.4, 0.5) is 0 Å². The number of carbonyl (C=O) groups excluding carboxylic acids is 1. The van der Waals surface area contributed by atoms with Crippen molar-refractivity contribution in [1.29, 1.82) is 0 Å². The van der Waals surface area contributed by atoms with Gasteiger partial charge in [-0.25, -0.2) is 4.79 Å². The van der Waals surface area contributed by atoms with Crippen molar-refractivity contribution in [3.63, 3.8) is 0 Å². The third-order valence-corrected chi connectivity index (χ3v) is 6.05. The van der Waals surface area contributed by atoms with E-state index in [9.17, 15) is 14.7 Å². The van der Waals surface area contributed by atoms with E-state index in [2.05, 4.69) is 20.8 Å². The van der Waals surface area contributed by atoms with Gasteiger partial charge in [0, 0.05) is 5.56 Å². The van der Waals surface area contributed by atoms with E-state index in [0.717, 1.165) is 18.4 Å². The number of benzene rings is 1. The fourth-order valence-electron chi connectivity index (χ4n) is 4.33. The monoisotopic (exact) mass is 359 g/mol. The van der Waals surface area contributed by atoms with E-state index in [1.54, 1.807) is 12.1 Å². The molecule has 1 spiro atoms. The summed E-state index contributed by atoms with van der Waals surface area (Å²) in [5, 5.41) is 9.64. The van der Waals surface area contributed by atoms with Crippen LogP contribution in [0.1, 0.15) is 62.4 Å². The zero-order valence-corrected chi connectivity index (χ0v) is 16.1. The van der Waals surface area contributed by atoms with E-state index >= 15 is 0 Å². The highest BCUT2D eigenvalue weighted by Gasteiger charge is 2.54. The van der Waals surface area contributed by atoms with Crippen LogP contribution in [-0.4, -0.2) is 40.3 Å². The molecule has 1 aromatic rings. The van der Waals surface area contributed by atoms with E-state index in [-0.39, 0.29) is 17.9 Å². The van der Waals surface area contributed by atoms with Crippen LogP contribution >= 0.6 is 0 Å². The predicted molar refractivity (Wildman–Crippen MR) is 98.9 cm³/mol. The van der Waals surface area contributed by atoms with E-state index in [4.69, 9.17) is 4.74 Å². The molecular weight excluding hydrogens is 330 g/mol. The first-order valence-electron chi connectivity index (χ1n) is 9.41. The first kappa shape index (κ1) is 18.9. The molecule has 1 atom stereocenters. The van der Waals surface area contributed by atoms with Gasteiger partial charge in [-0.1, -0.05) is 38.5 Å². The van der Waals surface area contributed by atoms with Crippen LogP contribution in [0.5, 0.6) is 0 Å². The molecule has 2 aliphatic rings. The molecule has 0 radical (unpaired) electrons. The largest absolute Gasteiger partial charge is 0.480 e. The van der Waals surface area contributed by atoms with Crippen molar-refractivity contribution in [3.8, 4) is 0 Å². The Bertz CT molecular complexity index is 681. The molecule has 26 heavy (non-hydrogen) atoms. The van der Waals surface area contributed by atoms with Crippen molar-refractivity contribution < 1.29 is 19.4 Å². The number of nitrogens with zero attached hydrogens (tertiary/aromatic N) is 1. The molecule has 1 heterocycles. The number of ether oxygens (including phenoxy) is 1. The zero-order chi connectivity index (χ0) is 19.1. The number of aryl methyl sites for hydroxylation is 1. The van der Waals surface area contributed by atoms with Crippen molar-refractivity contribution in [2.24, 2.45) is 11.3 Å². The molecule has 1 aliphatic carbocycles. The Morgan fingerprint density at radius 3 is 2.23 bits per heavy atom. The summed E-state index contributed by atoms with van der Waals surface area (Å²) in [5.41, 5.74) is 1.00. The Labute approximate surface area is 155 Å². The Morgan fingerprint density at radius 2 is 1.73 bits per heavy atom. The molecule has 0 bridgehead atoms. The molecule has 0 unspecified atom stereocenters. The molecule has 142 valence electrons. The SMILES string of the molecule is Cc1ccc(C(=O)N2[C@@H](C(=O)O)COC23CCC(C(C)(C)C)CC3)cc1. The fourth-order valence-corrected chi connectivity index (χ4v) is 4.33. The molecule has 1 N–H and O–H groups in total. The molecule has 1 aromatic carbocycles. The van der Waals surface area contributed by atoms with Gasteiger partial charge in [0.15, 0.2) is 6.04 Å². The number of hydrogen-bond acceptors (Lipinski definition) is 3. The maximum absolute atomic E-state index is 13.2. The van der Waals surface area contributed by atoms with Gasteiger partial charge in [-0.05, 0) is 56.1 Å². The van der Waals surface area contributed by atoms with Crippen LogP contribution in [-0.2, 0) is 9.53 Å². The van der Waals surface area contributed by atoms with Gasteiger partial charge >= 0.3 is 5.97 Å². The number of carboxylic acid groups (broad SMARTS) is 1. The Hall–Kier alpha value is -1.88. The van der Waals surface area contributed by atoms with Crippen LogP contribution in [0.3, 0.4) is 0 Å². The second-order valence-electron chi connectivity index (χ2n) is 8.79. The normalized spacial score (nSPS) is 29.2. The number of hydrogen-bond donors (Lipinski definition) is 1. The van der Waals surface area contributed by atoms with Crippen molar-refractivity contribution in [3.05, 3.63) is 35.4 Å². The topological polar surface area (TPSA) is 66.8 Å². The van der Waals surface area contributed by atoms with Gasteiger partial charge in [-0.3, -0.25) is 9.69 Å². The van der Waals surface area contributed by atoms with Gasteiger partial charge < -0.3 is 9.84 Å². The van der Waals surface area contributed by atoms with Gasteiger partial charge in [-0.15, -0.1) is 0 Å². The summed E-state index contributed by atoms with van der Waals surface area (Å²) < 4.78 is 6.02. The van der Waals surface area contributed by atoms with Gasteiger partial charge in [0.1, 0.15) is 5.72 Å². The lowest BCUT2D eigenvalue weighted by Crippen LogP contribution is -2.55. The molecule has 2 fully saturated rings. The summed E-state index contributed by atoms with van der Waals surface area (Å²) in [6.07, 6.45) is 3.26. The zero-order valence-electron chi connectivity index (χ0n) is 16.1. The van der Waals surface area contributed by atoms with Gasteiger partial charge in [0.05, 0.1) is 6.61 Å². The second-order valence-corrected chi connectivity index (χ2v) is 8.79. The van der Waals surface area contributed by atoms with Crippen LogP contribution in [0.25, 0.3) is 0 Å². The van der Waals surface area contributed by atoms with Crippen LogP contribution in [0.15, 0.2) is 24.3 Å². The molecule has 0 aromatic heterocycles. The first-order chi connectivity index (χ1) is 12.1. The maximum atomic E-state index is 13.2. The minimum Gasteiger partial charge on any atom is -0.480 e. The summed E-state index contributed by atoms with van der Waals surface area (Å²) in [6, 6.07) is 6.37. The minimum atomic E-state index is -1.000. The first-order valence-corrected chi connectivity index (χ1v) is 9.41. The smallest absolute Gasteiger partial charge is 0.328 e. The summed E-state index contributed by atoms with van der Waals surface area (Å²) in [6.45, 7) is 8.73. The molecule has 1 amide bonds. The standard InChI is InChI=1S/C21H29NO4/c1-14-5-7-15(8-6-14)18(23)22-17(19(24)25)13-26-21(22)11-9-16(10-12-21)20(2,3)4/h5-8,16-17H,9-13H2,1-4H3,(H,24,25)/t16?,17-,21?/m1/s1. The van der Waals surface area contributed by atoms with E-state index in [0.29, 0.717) is 24.3 Å². The van der Waals surface area contributed by atoms with E-state index < -0.39 is 17.7 Å². The highest BCUT2D eigenvalue weighted by molar-refractivity contribution is 5.97. The molecule has 1 saturated heterocycles. The number of amides is 1. The van der Waals surface area contributed by atoms with Gasteiger partial charge in [-0.2, -0.15) is 0 Å². The number of carboxylic acids is 1. The Morgan fingerprint density at radius 1 is 1.15 bits per heavy atom. The average molecular weight is 359 g/mol. The van der Waals surface area contributed by atoms with Crippen LogP contribution in [0.2, 0.25) is 0 Å². The summed E-state index contributed by atoms with van der Waals surface area (Å²) >= 11 is 0. The van der Waals surface area contributed by atoms with Gasteiger partial charge in [0.2, 0.25) is 0 Å². The summed E-state index contributed by atoms with van der Waals surface area (Å²) in [4.78, 5) is 26.5. The molecule has 1 aliphatic heterocycles. The van der Waals surface area contributed by atoms with E-state index in [1.165, 1.54) is 4.90 Å². The molecular formula is C21H29NO4. The number of aliphatic carboxylic acids is 1. The maximum Gasteiger partial charge on any atom is 0.328 e. The van der Waals surface area contributed by atoms with Crippen LogP contribution < -0.4 is 0 Å². The molecule has 5 nitrogen and oxygen atoms in total. The highest BCUT2D eigenvalue weighted by Crippen LogP contribution is 2.47. The number of rotatable bonds is 2. The summed E-state index contributed by atoms with van der Waals surface area (Å²) in [7, 11) is 0. The van der Waals surface area contributed by atoms with Crippen molar-refractivity contribution in [2.45, 2.75) is 65.1 Å². The lowest BCUT2D eigenvalue weighted by atomic mass is 9.70. The lowest BCUT2D eigenvalue weighted by molar-refractivity contribution is -0.144. The fraction of sp³-hybridized carbons (Fsp3) is 0.619. The summed E-state index contributed by atoms with van der Waals surface area (Å²) in [5.74, 6) is -0.693. The van der Waals surface area contributed by atoms with Crippen molar-refractivity contribution in [1.82, 2.24) is 4.90 Å². The quantitative estimate of drug-likeness (QED) is 0.871. The number of carbonyl (C=O) groups is 2. The third kappa shape index (κ3) is 3.37. The Balaban J connectivity index is 1.89. The second kappa shape index (κ2) is 6.69. The van der Waals surface area contributed by atoms with E-state index in [1.807, 2.05) is 19.1 Å². The molecule has 3 rings (SSSR count). The minimum absolute atomic E-state index is 0.0626. The molecule has 5 heteroatoms. The van der Waals surface area contributed by atoms with Crippen LogP contribution in [0, 0.1) is 18.3 Å². The predicted octanol–water partition coefficient (Wildman–Crippen LogP) is 3.85. The molecule has 1 saturated carbocycles.